The number of rotatable bonds is 0. The molecular formula is C17H26O3. The van der Waals surface area contributed by atoms with Crippen LogP contribution in [-0.2, 0) is 9.47 Å². The van der Waals surface area contributed by atoms with E-state index in [4.69, 9.17) is 9.47 Å². The summed E-state index contributed by atoms with van der Waals surface area (Å²) >= 11 is 0. The lowest BCUT2D eigenvalue weighted by atomic mass is 9.51. The van der Waals surface area contributed by atoms with Gasteiger partial charge in [0.25, 0.3) is 0 Å². The SMILES string of the molecule is CC1=C[C@@]2(C)CC3(OCCO3)[C@@H]1[C@H]1CC(C)(C)[C@H](O)[C@H]12. The largest absolute Gasteiger partial charge is 0.392 e. The molecule has 0 amide bonds. The molecule has 1 spiro atoms. The van der Waals surface area contributed by atoms with Crippen molar-refractivity contribution in [3.63, 3.8) is 0 Å². The Morgan fingerprint density at radius 3 is 2.50 bits per heavy atom. The van der Waals surface area contributed by atoms with Gasteiger partial charge in [-0.05, 0) is 36.0 Å². The molecule has 2 saturated carbocycles. The maximum Gasteiger partial charge on any atom is 0.176 e. The van der Waals surface area contributed by atoms with Gasteiger partial charge in [-0.15, -0.1) is 0 Å². The smallest absolute Gasteiger partial charge is 0.176 e. The lowest BCUT2D eigenvalue weighted by Crippen LogP contribution is -2.60. The molecule has 5 rings (SSSR count). The molecule has 0 aromatic carbocycles. The first-order chi connectivity index (χ1) is 9.29. The van der Waals surface area contributed by atoms with Crippen LogP contribution in [0.15, 0.2) is 11.6 Å². The lowest BCUT2D eigenvalue weighted by molar-refractivity contribution is -0.256. The zero-order valence-electron chi connectivity index (χ0n) is 13.0. The van der Waals surface area contributed by atoms with Crippen LogP contribution in [0, 0.1) is 28.6 Å². The minimum absolute atomic E-state index is 0.00102. The summed E-state index contributed by atoms with van der Waals surface area (Å²) in [6, 6.07) is 0. The van der Waals surface area contributed by atoms with Crippen molar-refractivity contribution in [1.82, 2.24) is 0 Å². The molecule has 0 radical (unpaired) electrons. The van der Waals surface area contributed by atoms with Crippen molar-refractivity contribution in [1.29, 1.82) is 0 Å². The van der Waals surface area contributed by atoms with Gasteiger partial charge in [0, 0.05) is 12.3 Å². The first-order valence-corrected chi connectivity index (χ1v) is 7.94. The highest BCUT2D eigenvalue weighted by molar-refractivity contribution is 5.30. The molecular weight excluding hydrogens is 252 g/mol. The van der Waals surface area contributed by atoms with Crippen LogP contribution in [0.3, 0.4) is 0 Å². The second-order valence-electron chi connectivity index (χ2n) is 8.38. The third-order valence-corrected chi connectivity index (χ3v) is 6.48. The van der Waals surface area contributed by atoms with Gasteiger partial charge in [-0.1, -0.05) is 32.4 Å². The Balaban J connectivity index is 1.84. The summed E-state index contributed by atoms with van der Waals surface area (Å²) in [6.45, 7) is 10.4. The summed E-state index contributed by atoms with van der Waals surface area (Å²) in [4.78, 5) is 0. The highest BCUT2D eigenvalue weighted by Crippen LogP contribution is 2.68. The van der Waals surface area contributed by atoms with Crippen molar-refractivity contribution >= 4 is 0 Å². The van der Waals surface area contributed by atoms with Gasteiger partial charge < -0.3 is 14.6 Å². The Morgan fingerprint density at radius 2 is 1.85 bits per heavy atom. The normalized spacial score (nSPS) is 51.4. The zero-order chi connectivity index (χ0) is 14.3. The number of aliphatic hydroxyl groups is 1. The average molecular weight is 278 g/mol. The monoisotopic (exact) mass is 278 g/mol. The molecule has 5 atom stereocenters. The molecule has 3 nitrogen and oxygen atoms in total. The van der Waals surface area contributed by atoms with Gasteiger partial charge in [0.2, 0.25) is 0 Å². The van der Waals surface area contributed by atoms with E-state index in [1.54, 1.807) is 0 Å². The summed E-state index contributed by atoms with van der Waals surface area (Å²) < 4.78 is 12.2. The Bertz CT molecular complexity index is 475. The van der Waals surface area contributed by atoms with E-state index in [2.05, 4.69) is 33.8 Å². The number of hydrogen-bond acceptors (Lipinski definition) is 3. The van der Waals surface area contributed by atoms with Crippen LogP contribution < -0.4 is 0 Å². The fourth-order valence-electron chi connectivity index (χ4n) is 6.03. The molecule has 112 valence electrons. The highest BCUT2D eigenvalue weighted by Gasteiger charge is 2.68. The number of ether oxygens (including phenoxy) is 2. The van der Waals surface area contributed by atoms with Gasteiger partial charge in [-0.25, -0.2) is 0 Å². The predicted octanol–water partition coefficient (Wildman–Crippen LogP) is 2.74. The van der Waals surface area contributed by atoms with Crippen molar-refractivity contribution in [2.75, 3.05) is 13.2 Å². The van der Waals surface area contributed by atoms with E-state index < -0.39 is 5.79 Å². The van der Waals surface area contributed by atoms with Gasteiger partial charge in [0.15, 0.2) is 5.79 Å². The third-order valence-electron chi connectivity index (χ3n) is 6.48. The van der Waals surface area contributed by atoms with Crippen molar-refractivity contribution in [2.24, 2.45) is 28.6 Å². The van der Waals surface area contributed by atoms with Crippen LogP contribution in [0.4, 0.5) is 0 Å². The molecule has 2 bridgehead atoms. The molecule has 1 N–H and O–H groups in total. The number of aliphatic hydroxyl groups excluding tert-OH is 1. The van der Waals surface area contributed by atoms with Crippen LogP contribution in [-0.4, -0.2) is 30.2 Å². The maximum absolute atomic E-state index is 10.8. The quantitative estimate of drug-likeness (QED) is 0.692. The molecule has 1 aliphatic heterocycles. The van der Waals surface area contributed by atoms with Crippen molar-refractivity contribution in [3.05, 3.63) is 11.6 Å². The average Bonchev–Trinajstić information content (AvgIpc) is 2.82. The fourth-order valence-corrected chi connectivity index (χ4v) is 6.03. The van der Waals surface area contributed by atoms with E-state index in [1.165, 1.54) is 5.57 Å². The summed E-state index contributed by atoms with van der Waals surface area (Å²) in [5.74, 6) is 0.759. The maximum atomic E-state index is 10.8. The van der Waals surface area contributed by atoms with Crippen LogP contribution >= 0.6 is 0 Å². The second kappa shape index (κ2) is 3.68. The van der Waals surface area contributed by atoms with Gasteiger partial charge in [-0.3, -0.25) is 0 Å². The molecule has 0 unspecified atom stereocenters. The van der Waals surface area contributed by atoms with E-state index in [-0.39, 0.29) is 16.9 Å². The van der Waals surface area contributed by atoms with Crippen LogP contribution in [0.1, 0.15) is 40.5 Å². The highest BCUT2D eigenvalue weighted by atomic mass is 16.7. The van der Waals surface area contributed by atoms with E-state index in [9.17, 15) is 5.11 Å². The summed E-state index contributed by atoms with van der Waals surface area (Å²) in [5, 5.41) is 10.8. The van der Waals surface area contributed by atoms with Crippen LogP contribution in [0.5, 0.6) is 0 Å². The molecule has 1 heterocycles. The second-order valence-corrected chi connectivity index (χ2v) is 8.38. The minimum Gasteiger partial charge on any atom is -0.392 e. The molecule has 5 aliphatic rings. The molecule has 4 aliphatic carbocycles. The van der Waals surface area contributed by atoms with Gasteiger partial charge >= 0.3 is 0 Å². The molecule has 0 aromatic rings. The number of allylic oxidation sites excluding steroid dienone is 1. The van der Waals surface area contributed by atoms with Crippen LogP contribution in [0.2, 0.25) is 0 Å². The van der Waals surface area contributed by atoms with Gasteiger partial charge in [-0.2, -0.15) is 0 Å². The minimum atomic E-state index is -0.408. The fraction of sp³-hybridized carbons (Fsp3) is 0.882. The first kappa shape index (κ1) is 13.3. The Morgan fingerprint density at radius 1 is 1.20 bits per heavy atom. The van der Waals surface area contributed by atoms with E-state index in [1.807, 2.05) is 0 Å². The zero-order valence-corrected chi connectivity index (χ0v) is 13.0. The van der Waals surface area contributed by atoms with Crippen LogP contribution in [0.25, 0.3) is 0 Å². The Hall–Kier alpha value is -0.380. The standard InChI is InChI=1S/C17H26O3/c1-10-7-16(4)9-17(19-5-6-20-17)12(10)11-8-15(2,3)14(18)13(11)16/h7,11-14,18H,5-6,8-9H2,1-4H3/t11-,12+,13+,14-,16+/m1/s1. The summed E-state index contributed by atoms with van der Waals surface area (Å²) in [6.07, 6.45) is 4.15. The van der Waals surface area contributed by atoms with Crippen molar-refractivity contribution in [3.8, 4) is 0 Å². The first-order valence-electron chi connectivity index (χ1n) is 7.94. The summed E-state index contributed by atoms with van der Waals surface area (Å²) in [7, 11) is 0. The molecule has 1 saturated heterocycles. The topological polar surface area (TPSA) is 38.7 Å². The van der Waals surface area contributed by atoms with Gasteiger partial charge in [0.05, 0.1) is 19.3 Å². The number of hydrogen-bond donors (Lipinski definition) is 1. The molecule has 0 aromatic heterocycles. The van der Waals surface area contributed by atoms with E-state index in [0.29, 0.717) is 31.0 Å². The van der Waals surface area contributed by atoms with E-state index in [0.717, 1.165) is 12.8 Å². The van der Waals surface area contributed by atoms with Crippen molar-refractivity contribution in [2.45, 2.75) is 52.4 Å². The summed E-state index contributed by atoms with van der Waals surface area (Å²) in [5.41, 5.74) is 1.41. The lowest BCUT2D eigenvalue weighted by Gasteiger charge is -2.58. The Kier molecular flexibility index (Phi) is 2.45. The molecule has 20 heavy (non-hydrogen) atoms. The Labute approximate surface area is 121 Å². The third kappa shape index (κ3) is 1.42. The molecule has 3 fully saturated rings. The molecule has 3 heteroatoms. The predicted molar refractivity (Wildman–Crippen MR) is 76.0 cm³/mol. The van der Waals surface area contributed by atoms with E-state index >= 15 is 0 Å². The van der Waals surface area contributed by atoms with Gasteiger partial charge in [0.1, 0.15) is 0 Å². The van der Waals surface area contributed by atoms with Crippen molar-refractivity contribution < 1.29 is 14.6 Å².